The lowest BCUT2D eigenvalue weighted by molar-refractivity contribution is -0.140. The zero-order chi connectivity index (χ0) is 13.2. The van der Waals surface area contributed by atoms with Crippen LogP contribution in [0.1, 0.15) is 12.0 Å². The molecule has 1 atom stereocenters. The van der Waals surface area contributed by atoms with Gasteiger partial charge in [0.1, 0.15) is 5.41 Å². The first-order valence-electron chi connectivity index (χ1n) is 5.48. The average molecular weight is 244 g/mol. The van der Waals surface area contributed by atoms with E-state index < -0.39 is 17.4 Å². The minimum atomic E-state index is -1.38. The number of hydrogen-bond donors (Lipinski definition) is 2. The molecule has 4 heteroatoms. The maximum Gasteiger partial charge on any atom is 0.331 e. The highest BCUT2D eigenvalue weighted by Gasteiger charge is 2.38. The second-order valence-corrected chi connectivity index (χ2v) is 4.12. The van der Waals surface area contributed by atoms with Crippen molar-refractivity contribution in [3.63, 3.8) is 0 Å². The second kappa shape index (κ2) is 4.49. The molecule has 0 spiro atoms. The molecule has 0 saturated heterocycles. The Kier molecular flexibility index (Phi) is 3.02. The van der Waals surface area contributed by atoms with Crippen LogP contribution in [0.4, 0.5) is 0 Å². The topological polar surface area (TPSA) is 74.6 Å². The molecular weight excluding hydrogens is 232 g/mol. The lowest BCUT2D eigenvalue weighted by Gasteiger charge is -2.26. The number of benzene rings is 1. The Morgan fingerprint density at radius 1 is 1.11 bits per heavy atom. The van der Waals surface area contributed by atoms with E-state index in [0.717, 1.165) is 0 Å². The summed E-state index contributed by atoms with van der Waals surface area (Å²) in [5.74, 6) is -2.16. The van der Waals surface area contributed by atoms with E-state index in [9.17, 15) is 14.7 Å². The highest BCUT2D eigenvalue weighted by atomic mass is 16.4. The number of allylic oxidation sites excluding steroid dienone is 1. The third kappa shape index (κ3) is 1.93. The molecule has 92 valence electrons. The number of hydrogen-bond acceptors (Lipinski definition) is 2. The summed E-state index contributed by atoms with van der Waals surface area (Å²) in [5.41, 5.74) is -0.733. The standard InChI is InChI=1S/C14H12O4/c15-12(16)10-5-4-8-14(9-10,13(17)18)11-6-2-1-3-7-11/h1-4,6-9H,5H2,(H,15,16)(H,17,18). The van der Waals surface area contributed by atoms with Gasteiger partial charge in [0.05, 0.1) is 0 Å². The van der Waals surface area contributed by atoms with Crippen LogP contribution in [-0.2, 0) is 15.0 Å². The van der Waals surface area contributed by atoms with Crippen LogP contribution in [0.2, 0.25) is 0 Å². The summed E-state index contributed by atoms with van der Waals surface area (Å²) >= 11 is 0. The van der Waals surface area contributed by atoms with Gasteiger partial charge >= 0.3 is 11.9 Å². The zero-order valence-electron chi connectivity index (χ0n) is 9.54. The first-order chi connectivity index (χ1) is 8.56. The number of carboxylic acid groups (broad SMARTS) is 2. The molecule has 1 unspecified atom stereocenters. The number of aliphatic carboxylic acids is 2. The molecule has 0 amide bonds. The molecule has 18 heavy (non-hydrogen) atoms. The Morgan fingerprint density at radius 2 is 1.78 bits per heavy atom. The lowest BCUT2D eigenvalue weighted by Crippen LogP contribution is -2.34. The summed E-state index contributed by atoms with van der Waals surface area (Å²) in [7, 11) is 0. The Bertz CT molecular complexity index is 542. The molecule has 0 aliphatic heterocycles. The number of carboxylic acids is 2. The zero-order valence-corrected chi connectivity index (χ0v) is 9.54. The van der Waals surface area contributed by atoms with Gasteiger partial charge in [0, 0.05) is 5.57 Å². The summed E-state index contributed by atoms with van der Waals surface area (Å²) in [6, 6.07) is 8.61. The van der Waals surface area contributed by atoms with Crippen molar-refractivity contribution in [2.45, 2.75) is 11.8 Å². The van der Waals surface area contributed by atoms with E-state index >= 15 is 0 Å². The maximum atomic E-state index is 11.6. The van der Waals surface area contributed by atoms with Crippen molar-refractivity contribution in [3.8, 4) is 0 Å². The van der Waals surface area contributed by atoms with E-state index in [-0.39, 0.29) is 12.0 Å². The fourth-order valence-corrected chi connectivity index (χ4v) is 2.05. The van der Waals surface area contributed by atoms with Gasteiger partial charge in [-0.05, 0) is 18.1 Å². The smallest absolute Gasteiger partial charge is 0.331 e. The van der Waals surface area contributed by atoms with Gasteiger partial charge in [-0.1, -0.05) is 42.5 Å². The summed E-state index contributed by atoms with van der Waals surface area (Å²) in [5, 5.41) is 18.5. The molecule has 4 nitrogen and oxygen atoms in total. The molecule has 1 aliphatic rings. The van der Waals surface area contributed by atoms with Gasteiger partial charge in [-0.3, -0.25) is 4.79 Å². The summed E-state index contributed by atoms with van der Waals surface area (Å²) in [4.78, 5) is 22.6. The van der Waals surface area contributed by atoms with Crippen LogP contribution in [-0.4, -0.2) is 22.2 Å². The summed E-state index contributed by atoms with van der Waals surface area (Å²) in [6.07, 6.45) is 4.69. The van der Waals surface area contributed by atoms with E-state index in [1.807, 2.05) is 0 Å². The van der Waals surface area contributed by atoms with E-state index in [1.165, 1.54) is 12.2 Å². The van der Waals surface area contributed by atoms with Gasteiger partial charge in [-0.2, -0.15) is 0 Å². The predicted molar refractivity (Wildman–Crippen MR) is 65.2 cm³/mol. The van der Waals surface area contributed by atoms with Crippen molar-refractivity contribution in [1.82, 2.24) is 0 Å². The fraction of sp³-hybridized carbons (Fsp3) is 0.143. The molecule has 0 radical (unpaired) electrons. The molecule has 2 N–H and O–H groups in total. The van der Waals surface area contributed by atoms with Crippen LogP contribution in [0.15, 0.2) is 54.1 Å². The quantitative estimate of drug-likeness (QED) is 0.797. The Balaban J connectivity index is 2.59. The third-order valence-corrected chi connectivity index (χ3v) is 3.00. The van der Waals surface area contributed by atoms with Crippen molar-refractivity contribution >= 4 is 11.9 Å². The van der Waals surface area contributed by atoms with Gasteiger partial charge < -0.3 is 10.2 Å². The molecule has 2 rings (SSSR count). The molecule has 0 aromatic heterocycles. The first kappa shape index (κ1) is 12.1. The fourth-order valence-electron chi connectivity index (χ4n) is 2.05. The largest absolute Gasteiger partial charge is 0.480 e. The Labute approximate surface area is 104 Å². The van der Waals surface area contributed by atoms with Crippen molar-refractivity contribution in [2.75, 3.05) is 0 Å². The molecule has 1 aliphatic carbocycles. The monoisotopic (exact) mass is 244 g/mol. The molecule has 1 aromatic carbocycles. The van der Waals surface area contributed by atoms with Gasteiger partial charge in [0.25, 0.3) is 0 Å². The Morgan fingerprint density at radius 3 is 2.33 bits per heavy atom. The van der Waals surface area contributed by atoms with E-state index in [2.05, 4.69) is 0 Å². The van der Waals surface area contributed by atoms with Crippen LogP contribution in [0.5, 0.6) is 0 Å². The average Bonchev–Trinajstić information content (AvgIpc) is 2.39. The summed E-state index contributed by atoms with van der Waals surface area (Å²) in [6.45, 7) is 0. The van der Waals surface area contributed by atoms with Crippen molar-refractivity contribution < 1.29 is 19.8 Å². The molecular formula is C14H12O4. The van der Waals surface area contributed by atoms with Crippen LogP contribution in [0.25, 0.3) is 0 Å². The highest BCUT2D eigenvalue weighted by Crippen LogP contribution is 2.33. The van der Waals surface area contributed by atoms with Gasteiger partial charge in [0.15, 0.2) is 0 Å². The molecule has 1 aromatic rings. The normalized spacial score (nSPS) is 22.3. The number of rotatable bonds is 3. The van der Waals surface area contributed by atoms with Crippen molar-refractivity contribution in [3.05, 3.63) is 59.7 Å². The van der Waals surface area contributed by atoms with Crippen molar-refractivity contribution in [1.29, 1.82) is 0 Å². The van der Waals surface area contributed by atoms with E-state index in [4.69, 9.17) is 5.11 Å². The summed E-state index contributed by atoms with van der Waals surface area (Å²) < 4.78 is 0. The predicted octanol–water partition coefficient (Wildman–Crippen LogP) is 1.98. The Hall–Kier alpha value is -2.36. The van der Waals surface area contributed by atoms with Gasteiger partial charge in [0.2, 0.25) is 0 Å². The van der Waals surface area contributed by atoms with Crippen LogP contribution in [0, 0.1) is 0 Å². The second-order valence-electron chi connectivity index (χ2n) is 4.12. The van der Waals surface area contributed by atoms with Crippen LogP contribution in [0.3, 0.4) is 0 Å². The molecule has 0 bridgehead atoms. The molecule has 0 saturated carbocycles. The number of carbonyl (C=O) groups is 2. The van der Waals surface area contributed by atoms with E-state index in [0.29, 0.717) is 5.56 Å². The molecule has 0 heterocycles. The van der Waals surface area contributed by atoms with Crippen LogP contribution < -0.4 is 0 Å². The maximum absolute atomic E-state index is 11.6. The van der Waals surface area contributed by atoms with Gasteiger partial charge in [-0.15, -0.1) is 0 Å². The van der Waals surface area contributed by atoms with Crippen LogP contribution >= 0.6 is 0 Å². The molecule has 0 fully saturated rings. The SMILES string of the molecule is O=C(O)C1=CC(C(=O)O)(c2ccccc2)C=CC1. The van der Waals surface area contributed by atoms with Gasteiger partial charge in [-0.25, -0.2) is 4.79 Å². The highest BCUT2D eigenvalue weighted by molar-refractivity contribution is 5.93. The third-order valence-electron chi connectivity index (χ3n) is 3.00. The first-order valence-corrected chi connectivity index (χ1v) is 5.48. The lowest BCUT2D eigenvalue weighted by atomic mass is 9.76. The minimum Gasteiger partial charge on any atom is -0.480 e. The van der Waals surface area contributed by atoms with Crippen molar-refractivity contribution in [2.24, 2.45) is 0 Å². The minimum absolute atomic E-state index is 0.101. The van der Waals surface area contributed by atoms with E-state index in [1.54, 1.807) is 36.4 Å².